The van der Waals surface area contributed by atoms with Gasteiger partial charge in [0.05, 0.1) is 16.1 Å². The van der Waals surface area contributed by atoms with Gasteiger partial charge in [-0.15, -0.1) is 0 Å². The third-order valence-corrected chi connectivity index (χ3v) is 3.58. The van der Waals surface area contributed by atoms with Crippen LogP contribution < -0.4 is 11.3 Å². The fraction of sp³-hybridized carbons (Fsp3) is 0.0769. The minimum atomic E-state index is -0.924. The van der Waals surface area contributed by atoms with Gasteiger partial charge in [0.1, 0.15) is 11.6 Å². The first-order valence-electron chi connectivity index (χ1n) is 5.40. The topological polar surface area (TPSA) is 38.0 Å². The van der Waals surface area contributed by atoms with Crippen molar-refractivity contribution in [2.75, 3.05) is 0 Å². The minimum Gasteiger partial charge on any atom is -0.271 e. The van der Waals surface area contributed by atoms with E-state index in [-0.39, 0.29) is 15.6 Å². The Labute approximate surface area is 119 Å². The summed E-state index contributed by atoms with van der Waals surface area (Å²) in [6.07, 6.45) is 0. The average Bonchev–Trinajstić information content (AvgIpc) is 2.38. The maximum atomic E-state index is 13.8. The summed E-state index contributed by atoms with van der Waals surface area (Å²) in [5, 5.41) is 0.492. The monoisotopic (exact) mass is 302 g/mol. The summed E-state index contributed by atoms with van der Waals surface area (Å²) in [6, 6.07) is 7.48. The van der Waals surface area contributed by atoms with Crippen LogP contribution in [0.5, 0.6) is 0 Å². The highest BCUT2D eigenvalue weighted by Gasteiger charge is 2.23. The van der Waals surface area contributed by atoms with E-state index in [1.165, 1.54) is 6.07 Å². The number of nitrogens with two attached hydrogens (primary N) is 1. The Morgan fingerprint density at radius 1 is 1.00 bits per heavy atom. The van der Waals surface area contributed by atoms with Crippen molar-refractivity contribution in [3.8, 4) is 0 Å². The molecule has 0 aromatic heterocycles. The first kappa shape index (κ1) is 14.2. The van der Waals surface area contributed by atoms with Gasteiger partial charge in [-0.1, -0.05) is 41.4 Å². The van der Waals surface area contributed by atoms with E-state index in [1.54, 1.807) is 18.2 Å². The number of hydrogen-bond acceptors (Lipinski definition) is 2. The van der Waals surface area contributed by atoms with Crippen LogP contribution in [0.3, 0.4) is 0 Å². The van der Waals surface area contributed by atoms with Gasteiger partial charge in [0.2, 0.25) is 0 Å². The molecule has 3 N–H and O–H groups in total. The summed E-state index contributed by atoms with van der Waals surface area (Å²) in [6.45, 7) is 0. The van der Waals surface area contributed by atoms with Gasteiger partial charge in [0.15, 0.2) is 0 Å². The van der Waals surface area contributed by atoms with E-state index in [1.807, 2.05) is 0 Å². The van der Waals surface area contributed by atoms with Gasteiger partial charge in [0, 0.05) is 5.56 Å². The summed E-state index contributed by atoms with van der Waals surface area (Å²) < 4.78 is 27.6. The molecule has 0 radical (unpaired) electrons. The van der Waals surface area contributed by atoms with Crippen molar-refractivity contribution >= 4 is 23.2 Å². The molecule has 100 valence electrons. The second-order valence-electron chi connectivity index (χ2n) is 3.88. The molecule has 6 heteroatoms. The van der Waals surface area contributed by atoms with Crippen molar-refractivity contribution in [1.29, 1.82) is 0 Å². The average molecular weight is 303 g/mol. The van der Waals surface area contributed by atoms with E-state index >= 15 is 0 Å². The Morgan fingerprint density at radius 2 is 1.58 bits per heavy atom. The van der Waals surface area contributed by atoms with Crippen molar-refractivity contribution in [2.45, 2.75) is 6.04 Å². The van der Waals surface area contributed by atoms with Crippen LogP contribution in [-0.2, 0) is 0 Å². The molecule has 0 amide bonds. The third kappa shape index (κ3) is 2.72. The van der Waals surface area contributed by atoms with Crippen molar-refractivity contribution in [3.05, 3.63) is 69.2 Å². The molecule has 2 aromatic carbocycles. The smallest absolute Gasteiger partial charge is 0.131 e. The zero-order valence-corrected chi connectivity index (χ0v) is 11.1. The molecule has 2 rings (SSSR count). The standard InChI is InChI=1S/C13H10Cl2F2N2/c14-8-4-1-3-7(12(8)15)13(19-18)11-9(16)5-2-6-10(11)17/h1-6,13,19H,18H2. The molecule has 2 aromatic rings. The van der Waals surface area contributed by atoms with E-state index in [2.05, 4.69) is 5.43 Å². The predicted octanol–water partition coefficient (Wildman–Crippen LogP) is 3.82. The first-order chi connectivity index (χ1) is 9.06. The summed E-state index contributed by atoms with van der Waals surface area (Å²) in [4.78, 5) is 0. The van der Waals surface area contributed by atoms with Crippen LogP contribution in [0.15, 0.2) is 36.4 Å². The van der Waals surface area contributed by atoms with E-state index in [9.17, 15) is 8.78 Å². The molecule has 0 saturated carbocycles. The Kier molecular flexibility index (Phi) is 4.37. The highest BCUT2D eigenvalue weighted by Crippen LogP contribution is 2.34. The summed E-state index contributed by atoms with van der Waals surface area (Å²) in [7, 11) is 0. The fourth-order valence-corrected chi connectivity index (χ4v) is 2.28. The molecule has 0 saturated heterocycles. The van der Waals surface area contributed by atoms with Crippen LogP contribution in [0.25, 0.3) is 0 Å². The maximum absolute atomic E-state index is 13.8. The minimum absolute atomic E-state index is 0.200. The summed E-state index contributed by atoms with van der Waals surface area (Å²) in [5.41, 5.74) is 2.56. The number of rotatable bonds is 3. The van der Waals surface area contributed by atoms with E-state index < -0.39 is 17.7 Å². The quantitative estimate of drug-likeness (QED) is 0.668. The molecule has 0 heterocycles. The van der Waals surface area contributed by atoms with Crippen LogP contribution in [0.4, 0.5) is 8.78 Å². The molecule has 0 aliphatic heterocycles. The lowest BCUT2D eigenvalue weighted by atomic mass is 9.98. The normalized spacial score (nSPS) is 12.5. The molecule has 0 aliphatic rings. The van der Waals surface area contributed by atoms with Gasteiger partial charge < -0.3 is 0 Å². The summed E-state index contributed by atoms with van der Waals surface area (Å²) >= 11 is 11.9. The Balaban J connectivity index is 2.60. The Hall–Kier alpha value is -1.20. The zero-order chi connectivity index (χ0) is 14.0. The van der Waals surface area contributed by atoms with Crippen molar-refractivity contribution in [1.82, 2.24) is 5.43 Å². The van der Waals surface area contributed by atoms with Gasteiger partial charge in [-0.25, -0.2) is 14.2 Å². The molecule has 0 bridgehead atoms. The fourth-order valence-electron chi connectivity index (χ4n) is 1.86. The Bertz CT molecular complexity index is 585. The van der Waals surface area contributed by atoms with E-state index in [0.29, 0.717) is 5.56 Å². The molecular weight excluding hydrogens is 293 g/mol. The largest absolute Gasteiger partial charge is 0.271 e. The predicted molar refractivity (Wildman–Crippen MR) is 72.0 cm³/mol. The van der Waals surface area contributed by atoms with Crippen LogP contribution in [0.1, 0.15) is 17.2 Å². The second-order valence-corrected chi connectivity index (χ2v) is 4.66. The molecule has 1 atom stereocenters. The number of benzene rings is 2. The molecule has 0 spiro atoms. The van der Waals surface area contributed by atoms with Crippen LogP contribution in [0, 0.1) is 11.6 Å². The second kappa shape index (κ2) is 5.84. The summed E-state index contributed by atoms with van der Waals surface area (Å²) in [5.74, 6) is 3.99. The number of halogens is 4. The SMILES string of the molecule is NNC(c1cccc(Cl)c1Cl)c1c(F)cccc1F. The third-order valence-electron chi connectivity index (χ3n) is 2.75. The molecule has 19 heavy (non-hydrogen) atoms. The first-order valence-corrected chi connectivity index (χ1v) is 6.15. The molecule has 1 unspecified atom stereocenters. The molecule has 2 nitrogen and oxygen atoms in total. The highest BCUT2D eigenvalue weighted by atomic mass is 35.5. The lowest BCUT2D eigenvalue weighted by molar-refractivity contribution is 0.510. The van der Waals surface area contributed by atoms with Crippen LogP contribution in [0.2, 0.25) is 10.0 Å². The van der Waals surface area contributed by atoms with Crippen LogP contribution >= 0.6 is 23.2 Å². The van der Waals surface area contributed by atoms with Gasteiger partial charge in [-0.3, -0.25) is 5.84 Å². The van der Waals surface area contributed by atoms with Gasteiger partial charge in [0.25, 0.3) is 0 Å². The van der Waals surface area contributed by atoms with E-state index in [4.69, 9.17) is 29.0 Å². The Morgan fingerprint density at radius 3 is 2.16 bits per heavy atom. The van der Waals surface area contributed by atoms with E-state index in [0.717, 1.165) is 12.1 Å². The molecule has 0 fully saturated rings. The van der Waals surface area contributed by atoms with Gasteiger partial charge in [-0.2, -0.15) is 0 Å². The van der Waals surface area contributed by atoms with Crippen molar-refractivity contribution < 1.29 is 8.78 Å². The number of nitrogens with one attached hydrogen (secondary N) is 1. The maximum Gasteiger partial charge on any atom is 0.131 e. The number of hydrogen-bond donors (Lipinski definition) is 2. The number of hydrazine groups is 1. The van der Waals surface area contributed by atoms with Crippen molar-refractivity contribution in [3.63, 3.8) is 0 Å². The molecule has 0 aliphatic carbocycles. The highest BCUT2D eigenvalue weighted by molar-refractivity contribution is 6.42. The zero-order valence-electron chi connectivity index (χ0n) is 9.63. The lowest BCUT2D eigenvalue weighted by Gasteiger charge is -2.19. The van der Waals surface area contributed by atoms with Gasteiger partial charge in [-0.05, 0) is 23.8 Å². The van der Waals surface area contributed by atoms with Crippen molar-refractivity contribution in [2.24, 2.45) is 5.84 Å². The molecular formula is C13H10Cl2F2N2. The van der Waals surface area contributed by atoms with Gasteiger partial charge >= 0.3 is 0 Å². The van der Waals surface area contributed by atoms with Crippen LogP contribution in [-0.4, -0.2) is 0 Å². The lowest BCUT2D eigenvalue weighted by Crippen LogP contribution is -2.30.